The zero-order valence-corrected chi connectivity index (χ0v) is 12.1. The predicted molar refractivity (Wildman–Crippen MR) is 79.5 cm³/mol. The number of benzene rings is 1. The number of rotatable bonds is 4. The normalized spacial score (nSPS) is 27.0. The molecule has 3 nitrogen and oxygen atoms in total. The van der Waals surface area contributed by atoms with E-state index in [-0.39, 0.29) is 0 Å². The van der Waals surface area contributed by atoms with Crippen LogP contribution in [0.2, 0.25) is 0 Å². The van der Waals surface area contributed by atoms with Gasteiger partial charge in [0.1, 0.15) is 6.07 Å². The fourth-order valence-electron chi connectivity index (χ4n) is 3.98. The van der Waals surface area contributed by atoms with Crippen molar-refractivity contribution in [3.8, 4) is 6.07 Å². The smallest absolute Gasteiger partial charge is 0.101 e. The molecule has 0 amide bonds. The van der Waals surface area contributed by atoms with Crippen molar-refractivity contribution in [3.63, 3.8) is 0 Å². The van der Waals surface area contributed by atoms with Crippen molar-refractivity contribution in [2.75, 3.05) is 11.9 Å². The fraction of sp³-hybridized carbons (Fsp3) is 0.588. The van der Waals surface area contributed by atoms with Gasteiger partial charge in [0, 0.05) is 18.1 Å². The van der Waals surface area contributed by atoms with Crippen LogP contribution in [0.1, 0.15) is 44.6 Å². The summed E-state index contributed by atoms with van der Waals surface area (Å²) >= 11 is 0. The lowest BCUT2D eigenvalue weighted by molar-refractivity contribution is -0.114. The summed E-state index contributed by atoms with van der Waals surface area (Å²) in [5.41, 5.74) is 2.01. The lowest BCUT2D eigenvalue weighted by Gasteiger charge is -2.54. The van der Waals surface area contributed by atoms with Gasteiger partial charge in [0.2, 0.25) is 0 Å². The number of ether oxygens (including phenoxy) is 1. The van der Waals surface area contributed by atoms with Crippen LogP contribution in [0.15, 0.2) is 24.3 Å². The zero-order chi connectivity index (χ0) is 14.0. The van der Waals surface area contributed by atoms with Gasteiger partial charge in [-0.1, -0.05) is 25.0 Å². The van der Waals surface area contributed by atoms with Crippen LogP contribution in [0.25, 0.3) is 0 Å². The van der Waals surface area contributed by atoms with Crippen molar-refractivity contribution in [1.29, 1.82) is 5.26 Å². The highest BCUT2D eigenvalue weighted by Crippen LogP contribution is 2.55. The van der Waals surface area contributed by atoms with Gasteiger partial charge >= 0.3 is 0 Å². The van der Waals surface area contributed by atoms with Crippen LogP contribution in [0.4, 0.5) is 5.69 Å². The Kier molecular flexibility index (Phi) is 3.67. The molecule has 0 radical (unpaired) electrons. The van der Waals surface area contributed by atoms with E-state index in [9.17, 15) is 5.26 Å². The second-order valence-corrected chi connectivity index (χ2v) is 5.97. The van der Waals surface area contributed by atoms with Gasteiger partial charge in [-0.25, -0.2) is 0 Å². The maximum atomic E-state index is 9.20. The molecule has 2 aliphatic carbocycles. The molecule has 0 aromatic heterocycles. The summed E-state index contributed by atoms with van der Waals surface area (Å²) in [4.78, 5) is 0. The zero-order valence-electron chi connectivity index (χ0n) is 12.1. The van der Waals surface area contributed by atoms with E-state index in [0.29, 0.717) is 17.6 Å². The summed E-state index contributed by atoms with van der Waals surface area (Å²) in [6, 6.07) is 10.5. The maximum absolute atomic E-state index is 9.20. The molecule has 0 heterocycles. The lowest BCUT2D eigenvalue weighted by atomic mass is 9.60. The second-order valence-electron chi connectivity index (χ2n) is 5.97. The van der Waals surface area contributed by atoms with Gasteiger partial charge in [-0.3, -0.25) is 0 Å². The molecule has 2 saturated carbocycles. The summed E-state index contributed by atoms with van der Waals surface area (Å²) in [6.45, 7) is 2.88. The van der Waals surface area contributed by atoms with E-state index in [0.717, 1.165) is 24.3 Å². The Bertz CT molecular complexity index is 514. The molecule has 2 aliphatic rings. The van der Waals surface area contributed by atoms with Crippen LogP contribution in [0, 0.1) is 16.7 Å². The third kappa shape index (κ3) is 2.09. The maximum Gasteiger partial charge on any atom is 0.101 e. The molecule has 1 spiro atoms. The Morgan fingerprint density at radius 1 is 1.35 bits per heavy atom. The fourth-order valence-corrected chi connectivity index (χ4v) is 3.98. The molecule has 0 saturated heterocycles. The van der Waals surface area contributed by atoms with Crippen molar-refractivity contribution in [2.24, 2.45) is 5.41 Å². The molecule has 1 aromatic carbocycles. The number of nitriles is 1. The summed E-state index contributed by atoms with van der Waals surface area (Å²) in [6.07, 6.45) is 6.59. The first-order valence-corrected chi connectivity index (χ1v) is 7.67. The molecule has 1 aromatic rings. The highest BCUT2D eigenvalue weighted by atomic mass is 16.5. The molecule has 1 N–H and O–H groups in total. The predicted octanol–water partition coefficient (Wildman–Crippen LogP) is 3.71. The lowest BCUT2D eigenvalue weighted by Crippen LogP contribution is -2.60. The first-order chi connectivity index (χ1) is 9.80. The average molecular weight is 270 g/mol. The van der Waals surface area contributed by atoms with Gasteiger partial charge in [-0.05, 0) is 38.3 Å². The van der Waals surface area contributed by atoms with Gasteiger partial charge in [0.25, 0.3) is 0 Å². The van der Waals surface area contributed by atoms with Crippen LogP contribution >= 0.6 is 0 Å². The minimum absolute atomic E-state index is 0.304. The summed E-state index contributed by atoms with van der Waals surface area (Å²) in [5, 5.41) is 12.8. The van der Waals surface area contributed by atoms with Crippen molar-refractivity contribution in [1.82, 2.24) is 0 Å². The van der Waals surface area contributed by atoms with E-state index in [1.807, 2.05) is 24.3 Å². The second kappa shape index (κ2) is 5.46. The molecule has 3 rings (SSSR count). The van der Waals surface area contributed by atoms with E-state index in [2.05, 4.69) is 18.3 Å². The Morgan fingerprint density at radius 3 is 2.80 bits per heavy atom. The third-order valence-electron chi connectivity index (χ3n) is 5.06. The Labute approximate surface area is 120 Å². The van der Waals surface area contributed by atoms with Crippen molar-refractivity contribution in [2.45, 2.75) is 51.2 Å². The van der Waals surface area contributed by atoms with E-state index >= 15 is 0 Å². The van der Waals surface area contributed by atoms with Crippen LogP contribution in [-0.4, -0.2) is 18.8 Å². The summed E-state index contributed by atoms with van der Waals surface area (Å²) in [7, 11) is 0. The quantitative estimate of drug-likeness (QED) is 0.907. The van der Waals surface area contributed by atoms with Crippen LogP contribution < -0.4 is 5.32 Å². The van der Waals surface area contributed by atoms with E-state index in [4.69, 9.17) is 4.74 Å². The number of hydrogen-bond acceptors (Lipinski definition) is 3. The first kappa shape index (κ1) is 13.5. The first-order valence-electron chi connectivity index (χ1n) is 7.67. The van der Waals surface area contributed by atoms with Gasteiger partial charge in [-0.2, -0.15) is 5.26 Å². The minimum Gasteiger partial charge on any atom is -0.380 e. The van der Waals surface area contributed by atoms with Gasteiger partial charge in [0.15, 0.2) is 0 Å². The van der Waals surface area contributed by atoms with Gasteiger partial charge < -0.3 is 10.1 Å². The standard InChI is InChI=1S/C17H22N2O/c1-2-20-16-11-15(17(16)9-5-6-10-17)19-14-8-4-3-7-13(14)12-18/h3-4,7-8,15-16,19H,2,5-6,9-11H2,1H3. The number of anilines is 1. The molecule has 20 heavy (non-hydrogen) atoms. The van der Waals surface area contributed by atoms with E-state index < -0.39 is 0 Å². The Hall–Kier alpha value is -1.53. The molecular formula is C17H22N2O. The van der Waals surface area contributed by atoms with Crippen LogP contribution in [-0.2, 0) is 4.74 Å². The Balaban J connectivity index is 1.77. The topological polar surface area (TPSA) is 45.0 Å². The highest BCUT2D eigenvalue weighted by molar-refractivity contribution is 5.58. The molecule has 106 valence electrons. The highest BCUT2D eigenvalue weighted by Gasteiger charge is 2.56. The van der Waals surface area contributed by atoms with Crippen molar-refractivity contribution in [3.05, 3.63) is 29.8 Å². The molecule has 2 atom stereocenters. The van der Waals surface area contributed by atoms with E-state index in [1.165, 1.54) is 25.7 Å². The van der Waals surface area contributed by atoms with Crippen molar-refractivity contribution < 1.29 is 4.74 Å². The Morgan fingerprint density at radius 2 is 2.10 bits per heavy atom. The van der Waals surface area contributed by atoms with Crippen LogP contribution in [0.3, 0.4) is 0 Å². The van der Waals surface area contributed by atoms with E-state index in [1.54, 1.807) is 0 Å². The summed E-state index contributed by atoms with van der Waals surface area (Å²) < 4.78 is 5.94. The SMILES string of the molecule is CCOC1CC(Nc2ccccc2C#N)C12CCCC2. The molecule has 2 unspecified atom stereocenters. The minimum atomic E-state index is 0.304. The molecule has 2 fully saturated rings. The average Bonchev–Trinajstić information content (AvgIpc) is 2.99. The third-order valence-corrected chi connectivity index (χ3v) is 5.06. The number of para-hydroxylation sites is 1. The van der Waals surface area contributed by atoms with Gasteiger partial charge in [-0.15, -0.1) is 0 Å². The molecule has 0 bridgehead atoms. The molecule has 0 aliphatic heterocycles. The monoisotopic (exact) mass is 270 g/mol. The summed E-state index contributed by atoms with van der Waals surface area (Å²) in [5.74, 6) is 0. The van der Waals surface area contributed by atoms with Gasteiger partial charge in [0.05, 0.1) is 17.4 Å². The molecule has 3 heteroatoms. The largest absolute Gasteiger partial charge is 0.380 e. The molecular weight excluding hydrogens is 248 g/mol. The number of hydrogen-bond donors (Lipinski definition) is 1. The van der Waals surface area contributed by atoms with Crippen LogP contribution in [0.5, 0.6) is 0 Å². The number of nitrogens with zero attached hydrogens (tertiary/aromatic N) is 1. The number of nitrogens with one attached hydrogen (secondary N) is 1. The van der Waals surface area contributed by atoms with Crippen molar-refractivity contribution >= 4 is 5.69 Å².